The minimum atomic E-state index is -3.38. The number of sulfone groups is 1. The maximum Gasteiger partial charge on any atom is 0.246 e. The van der Waals surface area contributed by atoms with E-state index in [1.807, 2.05) is 18.2 Å². The van der Waals surface area contributed by atoms with Crippen LogP contribution in [0.4, 0.5) is 0 Å². The zero-order chi connectivity index (χ0) is 16.6. The Balaban J connectivity index is 1.81. The van der Waals surface area contributed by atoms with Gasteiger partial charge < -0.3 is 0 Å². The summed E-state index contributed by atoms with van der Waals surface area (Å²) in [4.78, 5) is 10.3. The summed E-state index contributed by atoms with van der Waals surface area (Å²) in [6.07, 6.45) is 3.38. The van der Waals surface area contributed by atoms with Crippen molar-refractivity contribution in [2.24, 2.45) is 0 Å². The van der Waals surface area contributed by atoms with Crippen molar-refractivity contribution in [3.05, 3.63) is 51.3 Å². The number of nitrogens with zero attached hydrogens (tertiary/aromatic N) is 3. The quantitative estimate of drug-likeness (QED) is 0.776. The van der Waals surface area contributed by atoms with Gasteiger partial charge in [-0.25, -0.2) is 18.4 Å². The second-order valence-electron chi connectivity index (χ2n) is 5.56. The van der Waals surface area contributed by atoms with E-state index in [1.165, 1.54) is 0 Å². The normalized spacial score (nSPS) is 15.4. The summed E-state index contributed by atoms with van der Waals surface area (Å²) in [5, 5.41) is 1.18. The van der Waals surface area contributed by atoms with Crippen molar-refractivity contribution >= 4 is 33.0 Å². The van der Waals surface area contributed by atoms with Crippen molar-refractivity contribution in [3.63, 3.8) is 0 Å². The minimum Gasteiger partial charge on any atom is -0.294 e. The molecule has 0 fully saturated rings. The highest BCUT2D eigenvalue weighted by Crippen LogP contribution is 2.27. The summed E-state index contributed by atoms with van der Waals surface area (Å²) in [6, 6.07) is 5.46. The number of aromatic nitrogens is 2. The van der Waals surface area contributed by atoms with Gasteiger partial charge >= 0.3 is 0 Å². The van der Waals surface area contributed by atoms with E-state index >= 15 is 0 Å². The summed E-state index contributed by atoms with van der Waals surface area (Å²) in [6.45, 7) is 2.03. The Kier molecular flexibility index (Phi) is 4.60. The molecule has 0 spiro atoms. The predicted molar refractivity (Wildman–Crippen MR) is 89.4 cm³/mol. The Morgan fingerprint density at radius 3 is 2.61 bits per heavy atom. The van der Waals surface area contributed by atoms with E-state index in [9.17, 15) is 8.42 Å². The van der Waals surface area contributed by atoms with Crippen LogP contribution in [0.5, 0.6) is 0 Å². The first-order valence-electron chi connectivity index (χ1n) is 7.04. The molecule has 1 aromatic carbocycles. The van der Waals surface area contributed by atoms with Gasteiger partial charge in [0, 0.05) is 59.7 Å². The molecule has 2 heterocycles. The van der Waals surface area contributed by atoms with Crippen LogP contribution in [0.2, 0.25) is 10.0 Å². The van der Waals surface area contributed by atoms with Gasteiger partial charge in [-0.1, -0.05) is 29.3 Å². The van der Waals surface area contributed by atoms with Crippen molar-refractivity contribution in [1.29, 1.82) is 0 Å². The van der Waals surface area contributed by atoms with Gasteiger partial charge in [0.15, 0.2) is 0 Å². The van der Waals surface area contributed by atoms with E-state index in [0.717, 1.165) is 29.6 Å². The number of fused-ring (bicyclic) bond motifs is 1. The molecule has 0 bridgehead atoms. The molecule has 3 rings (SSSR count). The molecule has 8 heteroatoms. The predicted octanol–water partition coefficient (Wildman–Crippen LogP) is 2.75. The Morgan fingerprint density at radius 2 is 1.96 bits per heavy atom. The van der Waals surface area contributed by atoms with Crippen molar-refractivity contribution < 1.29 is 8.42 Å². The second-order valence-corrected chi connectivity index (χ2v) is 8.28. The Labute approximate surface area is 145 Å². The van der Waals surface area contributed by atoms with Crippen LogP contribution in [0.15, 0.2) is 29.6 Å². The lowest BCUT2D eigenvalue weighted by Crippen LogP contribution is -2.31. The Bertz CT molecular complexity index is 836. The van der Waals surface area contributed by atoms with Crippen LogP contribution < -0.4 is 0 Å². The van der Waals surface area contributed by atoms with E-state index in [2.05, 4.69) is 14.9 Å². The SMILES string of the molecule is CS(=O)(=O)c1ncc2c(n1)CCN(Cc1c(Cl)cccc1Cl)C2. The Morgan fingerprint density at radius 1 is 1.26 bits per heavy atom. The van der Waals surface area contributed by atoms with Crippen molar-refractivity contribution in [3.8, 4) is 0 Å². The van der Waals surface area contributed by atoms with Gasteiger partial charge in [0.2, 0.25) is 15.0 Å². The molecular weight excluding hydrogens is 357 g/mol. The molecule has 122 valence electrons. The Hall–Kier alpha value is -1.21. The summed E-state index contributed by atoms with van der Waals surface area (Å²) in [7, 11) is -3.38. The standard InChI is InChI=1S/C15H15Cl2N3O2S/c1-23(21,22)15-18-7-10-8-20(6-5-14(10)19-15)9-11-12(16)3-2-4-13(11)17/h2-4,7H,5-6,8-9H2,1H3. The average Bonchev–Trinajstić information content (AvgIpc) is 2.49. The molecule has 0 unspecified atom stereocenters. The van der Waals surface area contributed by atoms with Crippen LogP contribution in [0.25, 0.3) is 0 Å². The van der Waals surface area contributed by atoms with Crippen LogP contribution in [0.3, 0.4) is 0 Å². The third kappa shape index (κ3) is 3.66. The topological polar surface area (TPSA) is 63.2 Å². The fourth-order valence-corrected chi connectivity index (χ4v) is 3.61. The van der Waals surface area contributed by atoms with E-state index in [0.29, 0.717) is 29.6 Å². The smallest absolute Gasteiger partial charge is 0.246 e. The highest BCUT2D eigenvalue weighted by molar-refractivity contribution is 7.90. The number of halogens is 2. The molecule has 1 aromatic heterocycles. The molecule has 5 nitrogen and oxygen atoms in total. The van der Waals surface area contributed by atoms with Gasteiger partial charge in [-0.05, 0) is 12.1 Å². The van der Waals surface area contributed by atoms with E-state index in [1.54, 1.807) is 6.20 Å². The summed E-state index contributed by atoms with van der Waals surface area (Å²) in [5.74, 6) is 0. The number of rotatable bonds is 3. The van der Waals surface area contributed by atoms with Crippen LogP contribution in [-0.2, 0) is 29.3 Å². The first-order valence-corrected chi connectivity index (χ1v) is 9.69. The first kappa shape index (κ1) is 16.6. The zero-order valence-corrected chi connectivity index (χ0v) is 14.8. The monoisotopic (exact) mass is 371 g/mol. The summed E-state index contributed by atoms with van der Waals surface area (Å²) in [5.41, 5.74) is 2.63. The third-order valence-corrected chi connectivity index (χ3v) is 5.33. The van der Waals surface area contributed by atoms with Crippen LogP contribution >= 0.6 is 23.2 Å². The molecular formula is C15H15Cl2N3O2S. The van der Waals surface area contributed by atoms with E-state index < -0.39 is 9.84 Å². The lowest BCUT2D eigenvalue weighted by atomic mass is 10.1. The molecule has 0 aliphatic carbocycles. The van der Waals surface area contributed by atoms with Gasteiger partial charge in [-0.2, -0.15) is 0 Å². The molecule has 0 saturated carbocycles. The molecule has 2 aromatic rings. The molecule has 0 amide bonds. The maximum absolute atomic E-state index is 11.5. The summed E-state index contributed by atoms with van der Waals surface area (Å²) >= 11 is 12.4. The molecule has 0 N–H and O–H groups in total. The van der Waals surface area contributed by atoms with Crippen LogP contribution in [-0.4, -0.2) is 36.1 Å². The van der Waals surface area contributed by atoms with Gasteiger partial charge in [-0.3, -0.25) is 4.90 Å². The van der Waals surface area contributed by atoms with Gasteiger partial charge in [0.05, 0.1) is 5.69 Å². The maximum atomic E-state index is 11.5. The number of hydrogen-bond acceptors (Lipinski definition) is 5. The van der Waals surface area contributed by atoms with Gasteiger partial charge in [0.1, 0.15) is 0 Å². The number of hydrogen-bond donors (Lipinski definition) is 0. The van der Waals surface area contributed by atoms with Crippen molar-refractivity contribution in [2.45, 2.75) is 24.7 Å². The zero-order valence-electron chi connectivity index (χ0n) is 12.5. The minimum absolute atomic E-state index is 0.112. The van der Waals surface area contributed by atoms with Gasteiger partial charge in [-0.15, -0.1) is 0 Å². The largest absolute Gasteiger partial charge is 0.294 e. The molecule has 1 aliphatic rings. The second kappa shape index (κ2) is 6.36. The van der Waals surface area contributed by atoms with E-state index in [4.69, 9.17) is 23.2 Å². The highest BCUT2D eigenvalue weighted by Gasteiger charge is 2.22. The van der Waals surface area contributed by atoms with Crippen LogP contribution in [0, 0.1) is 0 Å². The van der Waals surface area contributed by atoms with Gasteiger partial charge in [0.25, 0.3) is 0 Å². The lowest BCUT2D eigenvalue weighted by Gasteiger charge is -2.28. The molecule has 1 aliphatic heterocycles. The first-order chi connectivity index (χ1) is 10.8. The lowest BCUT2D eigenvalue weighted by molar-refractivity contribution is 0.242. The van der Waals surface area contributed by atoms with Crippen molar-refractivity contribution in [2.75, 3.05) is 12.8 Å². The summed E-state index contributed by atoms with van der Waals surface area (Å²) < 4.78 is 23.1. The fourth-order valence-electron chi connectivity index (χ4n) is 2.58. The number of benzene rings is 1. The van der Waals surface area contributed by atoms with Crippen molar-refractivity contribution in [1.82, 2.24) is 14.9 Å². The molecule has 0 atom stereocenters. The highest BCUT2D eigenvalue weighted by atomic mass is 35.5. The van der Waals surface area contributed by atoms with Crippen LogP contribution in [0.1, 0.15) is 16.8 Å². The fraction of sp³-hybridized carbons (Fsp3) is 0.333. The average molecular weight is 372 g/mol. The molecule has 0 saturated heterocycles. The molecule has 23 heavy (non-hydrogen) atoms. The van der Waals surface area contributed by atoms with E-state index in [-0.39, 0.29) is 5.16 Å². The third-order valence-electron chi connectivity index (χ3n) is 3.77. The molecule has 0 radical (unpaired) electrons.